The second kappa shape index (κ2) is 7.73. The van der Waals surface area contributed by atoms with Crippen molar-refractivity contribution in [1.82, 2.24) is 0 Å². The first-order valence-electron chi connectivity index (χ1n) is 9.33. The molecule has 0 aromatic rings. The number of hydrogen-bond acceptors (Lipinski definition) is 5. The Morgan fingerprint density at radius 1 is 1.32 bits per heavy atom. The topological polar surface area (TPSA) is 65.1 Å². The lowest BCUT2D eigenvalue weighted by Crippen LogP contribution is -2.38. The van der Waals surface area contributed by atoms with Gasteiger partial charge in [0.15, 0.2) is 0 Å². The van der Waals surface area contributed by atoms with E-state index in [1.54, 1.807) is 0 Å². The van der Waals surface area contributed by atoms with E-state index in [-0.39, 0.29) is 12.4 Å². The number of fused-ring (bicyclic) bond motifs is 1. The summed E-state index contributed by atoms with van der Waals surface area (Å²) in [7, 11) is 0. The second-order valence-electron chi connectivity index (χ2n) is 7.66. The average molecular weight is 348 g/mol. The average Bonchev–Trinajstić information content (AvgIpc) is 3.37. The molecular weight excluding hydrogens is 320 g/mol. The van der Waals surface area contributed by atoms with Gasteiger partial charge in [0, 0.05) is 18.9 Å². The van der Waals surface area contributed by atoms with Gasteiger partial charge < -0.3 is 14.2 Å². The van der Waals surface area contributed by atoms with Crippen LogP contribution in [-0.2, 0) is 23.8 Å². The lowest BCUT2D eigenvalue weighted by Gasteiger charge is -2.37. The van der Waals surface area contributed by atoms with Crippen LogP contribution in [0.3, 0.4) is 0 Å². The molecule has 4 atom stereocenters. The van der Waals surface area contributed by atoms with Crippen LogP contribution in [0.15, 0.2) is 24.8 Å². The monoisotopic (exact) mass is 348 g/mol. The Bertz CT molecular complexity index is 554. The molecule has 0 radical (unpaired) electrons. The van der Waals surface area contributed by atoms with Crippen molar-refractivity contribution in [2.24, 2.45) is 5.92 Å². The summed E-state index contributed by atoms with van der Waals surface area (Å²) in [5, 5.41) is 0. The SMILES string of the molecule is C=CC(=O)OC1(CCC(=O)OCC2CCC3OC3C2)CCCC(=C)C1. The van der Waals surface area contributed by atoms with Gasteiger partial charge in [-0.25, -0.2) is 4.79 Å². The van der Waals surface area contributed by atoms with Gasteiger partial charge in [-0.05, 0) is 50.9 Å². The molecule has 0 amide bonds. The van der Waals surface area contributed by atoms with Crippen molar-refractivity contribution in [3.63, 3.8) is 0 Å². The van der Waals surface area contributed by atoms with Crippen LogP contribution in [0.4, 0.5) is 0 Å². The third-order valence-corrected chi connectivity index (χ3v) is 5.60. The molecule has 4 unspecified atom stereocenters. The van der Waals surface area contributed by atoms with Crippen LogP contribution in [0.5, 0.6) is 0 Å². The summed E-state index contributed by atoms with van der Waals surface area (Å²) in [6, 6.07) is 0. The van der Waals surface area contributed by atoms with Gasteiger partial charge in [0.2, 0.25) is 0 Å². The highest BCUT2D eigenvalue weighted by atomic mass is 16.6. The van der Waals surface area contributed by atoms with E-state index in [1.807, 2.05) is 0 Å². The number of carbonyl (C=O) groups excluding carboxylic acids is 2. The molecule has 0 N–H and O–H groups in total. The van der Waals surface area contributed by atoms with Crippen molar-refractivity contribution in [1.29, 1.82) is 0 Å². The van der Waals surface area contributed by atoms with Crippen molar-refractivity contribution >= 4 is 11.9 Å². The van der Waals surface area contributed by atoms with E-state index in [1.165, 1.54) is 6.08 Å². The zero-order valence-electron chi connectivity index (χ0n) is 14.8. The molecule has 3 fully saturated rings. The second-order valence-corrected chi connectivity index (χ2v) is 7.66. The lowest BCUT2D eigenvalue weighted by molar-refractivity contribution is -0.160. The zero-order chi connectivity index (χ0) is 17.9. The van der Waals surface area contributed by atoms with Crippen LogP contribution in [-0.4, -0.2) is 36.4 Å². The smallest absolute Gasteiger partial charge is 0.330 e. The Morgan fingerprint density at radius 3 is 2.88 bits per heavy atom. The van der Waals surface area contributed by atoms with Crippen molar-refractivity contribution in [2.45, 2.75) is 75.6 Å². The fraction of sp³-hybridized carbons (Fsp3) is 0.700. The first kappa shape index (κ1) is 18.2. The molecule has 5 heteroatoms. The standard InChI is InChI=1S/C20H28O5/c1-3-18(21)25-20(9-4-5-14(2)12-20)10-8-19(22)23-13-15-6-7-16-17(11-15)24-16/h3,15-17H,1-2,4-13H2. The summed E-state index contributed by atoms with van der Waals surface area (Å²) in [4.78, 5) is 23.9. The van der Waals surface area contributed by atoms with Gasteiger partial charge in [0.05, 0.1) is 18.8 Å². The van der Waals surface area contributed by atoms with E-state index >= 15 is 0 Å². The first-order chi connectivity index (χ1) is 12.0. The Hall–Kier alpha value is -1.62. The van der Waals surface area contributed by atoms with E-state index in [0.29, 0.717) is 37.6 Å². The maximum absolute atomic E-state index is 12.2. The zero-order valence-corrected chi connectivity index (χ0v) is 14.8. The Kier molecular flexibility index (Phi) is 5.62. The van der Waals surface area contributed by atoms with Crippen molar-refractivity contribution in [3.05, 3.63) is 24.8 Å². The normalized spacial score (nSPS) is 33.9. The van der Waals surface area contributed by atoms with E-state index in [9.17, 15) is 9.59 Å². The fourth-order valence-corrected chi connectivity index (χ4v) is 4.15. The number of carbonyl (C=O) groups is 2. The largest absolute Gasteiger partial charge is 0.465 e. The van der Waals surface area contributed by atoms with E-state index in [0.717, 1.165) is 44.1 Å². The van der Waals surface area contributed by atoms with Gasteiger partial charge in [-0.2, -0.15) is 0 Å². The number of rotatable bonds is 7. The minimum Gasteiger partial charge on any atom is -0.465 e. The van der Waals surface area contributed by atoms with Crippen molar-refractivity contribution < 1.29 is 23.8 Å². The molecule has 3 aliphatic rings. The molecule has 2 aliphatic carbocycles. The molecule has 3 rings (SSSR count). The Morgan fingerprint density at radius 2 is 2.16 bits per heavy atom. The summed E-state index contributed by atoms with van der Waals surface area (Å²) in [6.45, 7) is 7.97. The minimum atomic E-state index is -0.639. The van der Waals surface area contributed by atoms with E-state index in [2.05, 4.69) is 13.2 Å². The number of hydrogen-bond donors (Lipinski definition) is 0. The molecule has 138 valence electrons. The molecule has 1 aliphatic heterocycles. The number of esters is 2. The Balaban J connectivity index is 1.46. The molecule has 2 saturated carbocycles. The number of epoxide rings is 1. The molecule has 1 heterocycles. The molecule has 0 spiro atoms. The summed E-state index contributed by atoms with van der Waals surface area (Å²) in [5.41, 5.74) is 0.428. The predicted molar refractivity (Wildman–Crippen MR) is 92.8 cm³/mol. The molecule has 0 aromatic carbocycles. The fourth-order valence-electron chi connectivity index (χ4n) is 4.15. The molecule has 25 heavy (non-hydrogen) atoms. The highest BCUT2D eigenvalue weighted by Crippen LogP contribution is 2.40. The van der Waals surface area contributed by atoms with Crippen LogP contribution >= 0.6 is 0 Å². The van der Waals surface area contributed by atoms with Gasteiger partial charge >= 0.3 is 11.9 Å². The molecule has 1 saturated heterocycles. The maximum atomic E-state index is 12.2. The highest BCUT2D eigenvalue weighted by molar-refractivity contribution is 5.81. The van der Waals surface area contributed by atoms with Crippen LogP contribution in [0, 0.1) is 5.92 Å². The predicted octanol–water partition coefficient (Wildman–Crippen LogP) is 3.48. The summed E-state index contributed by atoms with van der Waals surface area (Å²) in [6.07, 6.45) is 9.14. The third-order valence-electron chi connectivity index (χ3n) is 5.60. The molecule has 0 aromatic heterocycles. The number of ether oxygens (including phenoxy) is 3. The van der Waals surface area contributed by atoms with E-state index in [4.69, 9.17) is 14.2 Å². The van der Waals surface area contributed by atoms with Crippen LogP contribution in [0.1, 0.15) is 57.8 Å². The lowest BCUT2D eigenvalue weighted by atomic mass is 9.79. The van der Waals surface area contributed by atoms with Gasteiger partial charge in [-0.15, -0.1) is 0 Å². The van der Waals surface area contributed by atoms with Gasteiger partial charge in [0.25, 0.3) is 0 Å². The van der Waals surface area contributed by atoms with Crippen molar-refractivity contribution in [2.75, 3.05) is 6.61 Å². The van der Waals surface area contributed by atoms with Gasteiger partial charge in [-0.1, -0.05) is 18.7 Å². The maximum Gasteiger partial charge on any atom is 0.330 e. The van der Waals surface area contributed by atoms with E-state index < -0.39 is 11.6 Å². The van der Waals surface area contributed by atoms with Gasteiger partial charge in [0.1, 0.15) is 5.60 Å². The van der Waals surface area contributed by atoms with Crippen LogP contribution < -0.4 is 0 Å². The van der Waals surface area contributed by atoms with Gasteiger partial charge in [-0.3, -0.25) is 4.79 Å². The van der Waals surface area contributed by atoms with Crippen LogP contribution in [0.2, 0.25) is 0 Å². The molecule has 5 nitrogen and oxygen atoms in total. The molecule has 0 bridgehead atoms. The molecular formula is C20H28O5. The van der Waals surface area contributed by atoms with Crippen LogP contribution in [0.25, 0.3) is 0 Å². The van der Waals surface area contributed by atoms with Crippen molar-refractivity contribution in [3.8, 4) is 0 Å². The summed E-state index contributed by atoms with van der Waals surface area (Å²) in [5.74, 6) is -0.247. The summed E-state index contributed by atoms with van der Waals surface area (Å²) >= 11 is 0. The third kappa shape index (κ3) is 4.94. The minimum absolute atomic E-state index is 0.218. The summed E-state index contributed by atoms with van der Waals surface area (Å²) < 4.78 is 16.6. The Labute approximate surface area is 149 Å². The quantitative estimate of drug-likeness (QED) is 0.305. The highest BCUT2D eigenvalue weighted by Gasteiger charge is 2.44. The first-order valence-corrected chi connectivity index (χ1v) is 9.33.